The Hall–Kier alpha value is -2.86. The molecule has 2 aromatic rings. The molecule has 132 valence electrons. The van der Waals surface area contributed by atoms with Crippen molar-refractivity contribution in [3.05, 3.63) is 54.6 Å². The van der Waals surface area contributed by atoms with Crippen LogP contribution in [0, 0.1) is 0 Å². The van der Waals surface area contributed by atoms with Crippen molar-refractivity contribution in [3.63, 3.8) is 0 Å². The standard InChI is InChI=1S/C19H23N3O3/c1-22(2,3)14-13-20-18(23)21-19(24)25-17-11-9-16(10-12-17)15-7-5-4-6-8-15/h4-12H,13-14H2,1-3H3,(H-,20,21,23,24)/p+1. The number of ether oxygens (including phenoxy) is 1. The first-order valence-corrected chi connectivity index (χ1v) is 8.06. The fourth-order valence-corrected chi connectivity index (χ4v) is 2.12. The summed E-state index contributed by atoms with van der Waals surface area (Å²) in [5, 5.41) is 4.76. The summed E-state index contributed by atoms with van der Waals surface area (Å²) in [5.74, 6) is 0.372. The Morgan fingerprint density at radius 2 is 1.52 bits per heavy atom. The number of benzene rings is 2. The number of urea groups is 1. The lowest BCUT2D eigenvalue weighted by Gasteiger charge is -2.23. The highest BCUT2D eigenvalue weighted by atomic mass is 16.6. The molecule has 0 saturated heterocycles. The molecule has 25 heavy (non-hydrogen) atoms. The molecule has 2 rings (SSSR count). The van der Waals surface area contributed by atoms with Crippen LogP contribution in [0.5, 0.6) is 5.75 Å². The molecule has 0 aromatic heterocycles. The van der Waals surface area contributed by atoms with Gasteiger partial charge in [0.05, 0.1) is 34.2 Å². The molecule has 6 heteroatoms. The van der Waals surface area contributed by atoms with Gasteiger partial charge in [0, 0.05) is 0 Å². The van der Waals surface area contributed by atoms with Crippen LogP contribution in [0.3, 0.4) is 0 Å². The zero-order chi connectivity index (χ0) is 18.3. The number of amides is 3. The molecule has 0 bridgehead atoms. The third-order valence-electron chi connectivity index (χ3n) is 3.46. The van der Waals surface area contributed by atoms with Gasteiger partial charge in [-0.3, -0.25) is 0 Å². The van der Waals surface area contributed by atoms with E-state index >= 15 is 0 Å². The molecule has 2 N–H and O–H groups in total. The highest BCUT2D eigenvalue weighted by Gasteiger charge is 2.12. The van der Waals surface area contributed by atoms with E-state index in [2.05, 4.69) is 10.6 Å². The summed E-state index contributed by atoms with van der Waals surface area (Å²) in [6.45, 7) is 1.22. The van der Waals surface area contributed by atoms with Crippen molar-refractivity contribution in [2.75, 3.05) is 34.2 Å². The monoisotopic (exact) mass is 342 g/mol. The van der Waals surface area contributed by atoms with Gasteiger partial charge < -0.3 is 14.5 Å². The second-order valence-corrected chi connectivity index (χ2v) is 6.67. The third kappa shape index (κ3) is 6.64. The lowest BCUT2D eigenvalue weighted by atomic mass is 10.1. The highest BCUT2D eigenvalue weighted by molar-refractivity contribution is 5.91. The average molecular weight is 342 g/mol. The maximum Gasteiger partial charge on any atom is 0.420 e. The van der Waals surface area contributed by atoms with Crippen LogP contribution < -0.4 is 15.4 Å². The topological polar surface area (TPSA) is 67.4 Å². The van der Waals surface area contributed by atoms with Gasteiger partial charge in [-0.25, -0.2) is 14.9 Å². The first-order valence-electron chi connectivity index (χ1n) is 8.06. The molecule has 0 radical (unpaired) electrons. The first kappa shape index (κ1) is 18.5. The smallest absolute Gasteiger partial charge is 0.410 e. The molecule has 0 spiro atoms. The van der Waals surface area contributed by atoms with E-state index < -0.39 is 12.1 Å². The molecule has 3 amide bonds. The van der Waals surface area contributed by atoms with Crippen LogP contribution in [0.1, 0.15) is 0 Å². The van der Waals surface area contributed by atoms with Gasteiger partial charge in [-0.05, 0) is 23.3 Å². The van der Waals surface area contributed by atoms with Crippen LogP contribution in [-0.4, -0.2) is 50.8 Å². The number of hydrogen-bond acceptors (Lipinski definition) is 3. The average Bonchev–Trinajstić information content (AvgIpc) is 2.55. The van der Waals surface area contributed by atoms with Crippen molar-refractivity contribution >= 4 is 12.1 Å². The Morgan fingerprint density at radius 1 is 0.920 bits per heavy atom. The van der Waals surface area contributed by atoms with Crippen LogP contribution in [0.4, 0.5) is 9.59 Å². The number of hydrogen-bond donors (Lipinski definition) is 2. The van der Waals surface area contributed by atoms with E-state index in [-0.39, 0.29) is 0 Å². The second kappa shape index (κ2) is 8.30. The number of rotatable bonds is 5. The molecular weight excluding hydrogens is 318 g/mol. The van der Waals surface area contributed by atoms with Crippen molar-refractivity contribution in [3.8, 4) is 16.9 Å². The van der Waals surface area contributed by atoms with Crippen molar-refractivity contribution in [2.45, 2.75) is 0 Å². The number of quaternary nitrogens is 1. The second-order valence-electron chi connectivity index (χ2n) is 6.67. The maximum atomic E-state index is 11.7. The largest absolute Gasteiger partial charge is 0.420 e. The fourth-order valence-electron chi connectivity index (χ4n) is 2.12. The molecule has 0 unspecified atom stereocenters. The van der Waals surface area contributed by atoms with E-state index in [1.807, 2.05) is 63.6 Å². The Labute approximate surface area is 148 Å². The Kier molecular flexibility index (Phi) is 6.14. The minimum Gasteiger partial charge on any atom is -0.410 e. The Bertz CT molecular complexity index is 707. The molecule has 0 aliphatic carbocycles. The minimum absolute atomic E-state index is 0.372. The van der Waals surface area contributed by atoms with Gasteiger partial charge in [-0.1, -0.05) is 42.5 Å². The van der Waals surface area contributed by atoms with Crippen LogP contribution in [-0.2, 0) is 0 Å². The van der Waals surface area contributed by atoms with Gasteiger partial charge in [-0.2, -0.15) is 0 Å². The predicted octanol–water partition coefficient (Wildman–Crippen LogP) is 2.86. The predicted molar refractivity (Wildman–Crippen MR) is 97.3 cm³/mol. The summed E-state index contributed by atoms with van der Waals surface area (Å²) in [6.07, 6.45) is -0.810. The van der Waals surface area contributed by atoms with Gasteiger partial charge in [-0.15, -0.1) is 0 Å². The van der Waals surface area contributed by atoms with Crippen LogP contribution in [0.2, 0.25) is 0 Å². The fraction of sp³-hybridized carbons (Fsp3) is 0.263. The van der Waals surface area contributed by atoms with Crippen molar-refractivity contribution < 1.29 is 18.8 Å². The molecular formula is C19H24N3O3+. The highest BCUT2D eigenvalue weighted by Crippen LogP contribution is 2.21. The number of nitrogens with zero attached hydrogens (tertiary/aromatic N) is 1. The SMILES string of the molecule is C[N+](C)(C)CCNC(=O)NC(=O)Oc1ccc(-c2ccccc2)cc1. The first-order chi connectivity index (χ1) is 11.8. The molecule has 0 atom stereocenters. The summed E-state index contributed by atoms with van der Waals surface area (Å²) < 4.78 is 5.83. The molecule has 0 aliphatic rings. The van der Waals surface area contributed by atoms with Crippen LogP contribution >= 0.6 is 0 Å². The van der Waals surface area contributed by atoms with E-state index in [4.69, 9.17) is 4.74 Å². The lowest BCUT2D eigenvalue weighted by Crippen LogP contribution is -2.46. The van der Waals surface area contributed by atoms with Crippen molar-refractivity contribution in [1.82, 2.24) is 10.6 Å². The van der Waals surface area contributed by atoms with E-state index in [1.54, 1.807) is 12.1 Å². The Morgan fingerprint density at radius 3 is 2.12 bits per heavy atom. The number of imide groups is 1. The lowest BCUT2D eigenvalue weighted by molar-refractivity contribution is -0.869. The van der Waals surface area contributed by atoms with Crippen LogP contribution in [0.25, 0.3) is 11.1 Å². The van der Waals surface area contributed by atoms with E-state index in [0.717, 1.165) is 22.2 Å². The quantitative estimate of drug-likeness (QED) is 0.821. The number of nitrogens with one attached hydrogen (secondary N) is 2. The van der Waals surface area contributed by atoms with Gasteiger partial charge in [0.1, 0.15) is 5.75 Å². The summed E-state index contributed by atoms with van der Waals surface area (Å²) in [7, 11) is 6.06. The molecule has 6 nitrogen and oxygen atoms in total. The van der Waals surface area contributed by atoms with E-state index in [1.165, 1.54) is 0 Å². The Balaban J connectivity index is 1.81. The van der Waals surface area contributed by atoms with E-state index in [0.29, 0.717) is 12.3 Å². The van der Waals surface area contributed by atoms with E-state index in [9.17, 15) is 9.59 Å². The zero-order valence-electron chi connectivity index (χ0n) is 14.8. The molecule has 0 fully saturated rings. The van der Waals surface area contributed by atoms with Gasteiger partial charge in [0.25, 0.3) is 0 Å². The number of carbonyl (C=O) groups excluding carboxylic acids is 2. The van der Waals surface area contributed by atoms with Crippen molar-refractivity contribution in [2.24, 2.45) is 0 Å². The number of carbonyl (C=O) groups is 2. The molecule has 0 heterocycles. The summed E-state index contributed by atoms with van der Waals surface area (Å²) in [6, 6.07) is 16.4. The maximum absolute atomic E-state index is 11.7. The van der Waals surface area contributed by atoms with Crippen LogP contribution in [0.15, 0.2) is 54.6 Å². The molecule has 2 aromatic carbocycles. The molecule has 0 saturated carbocycles. The summed E-state index contributed by atoms with van der Waals surface area (Å²) >= 11 is 0. The zero-order valence-corrected chi connectivity index (χ0v) is 14.8. The van der Waals surface area contributed by atoms with Gasteiger partial charge in [0.2, 0.25) is 0 Å². The normalized spacial score (nSPS) is 10.8. The number of likely N-dealkylation sites (N-methyl/N-ethyl adjacent to an activating group) is 1. The van der Waals surface area contributed by atoms with Gasteiger partial charge >= 0.3 is 12.1 Å². The summed E-state index contributed by atoms with van der Waals surface area (Å²) in [5.41, 5.74) is 2.10. The van der Waals surface area contributed by atoms with Gasteiger partial charge in [0.15, 0.2) is 0 Å². The minimum atomic E-state index is -0.810. The molecule has 0 aliphatic heterocycles. The summed E-state index contributed by atoms with van der Waals surface area (Å²) in [4.78, 5) is 23.4. The van der Waals surface area contributed by atoms with Crippen molar-refractivity contribution in [1.29, 1.82) is 0 Å². The third-order valence-corrected chi connectivity index (χ3v) is 3.46.